The largest absolute Gasteiger partial charge is 0.355 e. The van der Waals surface area contributed by atoms with Crippen molar-refractivity contribution in [1.29, 1.82) is 0 Å². The van der Waals surface area contributed by atoms with Gasteiger partial charge in [0.1, 0.15) is 12.2 Å². The van der Waals surface area contributed by atoms with Crippen molar-refractivity contribution < 1.29 is 0 Å². The second-order valence-corrected chi connectivity index (χ2v) is 5.67. The maximum atomic E-state index is 4.65. The van der Waals surface area contributed by atoms with Gasteiger partial charge >= 0.3 is 0 Å². The molecule has 2 rings (SSSR count). The summed E-state index contributed by atoms with van der Waals surface area (Å²) in [5.41, 5.74) is 1.20. The van der Waals surface area contributed by atoms with Crippen LogP contribution in [-0.2, 0) is 19.5 Å². The molecule has 0 saturated carbocycles. The molecule has 1 aromatic carbocycles. The highest BCUT2D eigenvalue weighted by Gasteiger charge is 2.04. The predicted molar refractivity (Wildman–Crippen MR) is 93.3 cm³/mol. The average Bonchev–Trinajstić information content (AvgIpc) is 3.00. The van der Waals surface area contributed by atoms with Gasteiger partial charge in [-0.2, -0.15) is 0 Å². The summed E-state index contributed by atoms with van der Waals surface area (Å²) in [5.74, 6) is 1.83. The van der Waals surface area contributed by atoms with E-state index >= 15 is 0 Å². The standard InChI is InChI=1S/C17H26N6/c1-4-16-22-20-13-23(16)11-10-18-17(21-14(2)3)19-12-15-8-6-5-7-9-15/h5-9,13-14H,4,10-12H2,1-3H3,(H2,18,19,21). The molecule has 1 aromatic heterocycles. The maximum Gasteiger partial charge on any atom is 0.191 e. The Labute approximate surface area is 138 Å². The van der Waals surface area contributed by atoms with Crippen LogP contribution in [0.4, 0.5) is 0 Å². The quantitative estimate of drug-likeness (QED) is 0.606. The minimum atomic E-state index is 0.332. The summed E-state index contributed by atoms with van der Waals surface area (Å²) >= 11 is 0. The van der Waals surface area contributed by atoms with E-state index in [-0.39, 0.29) is 0 Å². The van der Waals surface area contributed by atoms with Crippen LogP contribution >= 0.6 is 0 Å². The van der Waals surface area contributed by atoms with Gasteiger partial charge in [-0.3, -0.25) is 0 Å². The molecule has 0 amide bonds. The highest BCUT2D eigenvalue weighted by atomic mass is 15.3. The Morgan fingerprint density at radius 1 is 1.26 bits per heavy atom. The van der Waals surface area contributed by atoms with Gasteiger partial charge in [0, 0.05) is 25.6 Å². The zero-order valence-electron chi connectivity index (χ0n) is 14.2. The van der Waals surface area contributed by atoms with Crippen LogP contribution in [0.15, 0.2) is 41.7 Å². The molecule has 0 spiro atoms. The predicted octanol–water partition coefficient (Wildman–Crippen LogP) is 1.98. The molecule has 23 heavy (non-hydrogen) atoms. The van der Waals surface area contributed by atoms with E-state index in [4.69, 9.17) is 0 Å². The van der Waals surface area contributed by atoms with Crippen LogP contribution in [0.3, 0.4) is 0 Å². The van der Waals surface area contributed by atoms with Crippen molar-refractivity contribution in [1.82, 2.24) is 25.4 Å². The van der Waals surface area contributed by atoms with E-state index < -0.39 is 0 Å². The van der Waals surface area contributed by atoms with Crippen LogP contribution in [0.2, 0.25) is 0 Å². The molecule has 0 aliphatic carbocycles. The lowest BCUT2D eigenvalue weighted by atomic mass is 10.2. The van der Waals surface area contributed by atoms with Gasteiger partial charge in [0.15, 0.2) is 5.96 Å². The van der Waals surface area contributed by atoms with Crippen molar-refractivity contribution in [2.45, 2.75) is 46.3 Å². The Bertz CT molecular complexity index is 603. The Morgan fingerprint density at radius 2 is 2.04 bits per heavy atom. The minimum Gasteiger partial charge on any atom is -0.355 e. The summed E-state index contributed by atoms with van der Waals surface area (Å²) in [4.78, 5) is 4.65. The van der Waals surface area contributed by atoms with Crippen LogP contribution in [0.25, 0.3) is 0 Å². The van der Waals surface area contributed by atoms with Crippen LogP contribution in [0, 0.1) is 0 Å². The molecule has 0 saturated heterocycles. The summed E-state index contributed by atoms with van der Waals surface area (Å²) in [5, 5.41) is 14.8. The number of nitrogens with zero attached hydrogens (tertiary/aromatic N) is 4. The smallest absolute Gasteiger partial charge is 0.191 e. The molecule has 124 valence electrons. The van der Waals surface area contributed by atoms with E-state index in [0.29, 0.717) is 12.6 Å². The minimum absolute atomic E-state index is 0.332. The fraction of sp³-hybridized carbons (Fsp3) is 0.471. The lowest BCUT2D eigenvalue weighted by Crippen LogP contribution is -2.42. The Hall–Kier alpha value is -2.37. The Kier molecular flexibility index (Phi) is 6.59. The number of benzene rings is 1. The number of aromatic nitrogens is 3. The average molecular weight is 314 g/mol. The van der Waals surface area contributed by atoms with E-state index in [1.165, 1.54) is 5.56 Å². The molecular formula is C17H26N6. The zero-order chi connectivity index (χ0) is 16.5. The van der Waals surface area contributed by atoms with Gasteiger partial charge < -0.3 is 15.2 Å². The number of aliphatic imine (C=N–C) groups is 1. The van der Waals surface area contributed by atoms with Gasteiger partial charge in [-0.05, 0) is 19.4 Å². The fourth-order valence-electron chi connectivity index (χ4n) is 2.21. The van der Waals surface area contributed by atoms with Crippen molar-refractivity contribution in [3.63, 3.8) is 0 Å². The van der Waals surface area contributed by atoms with Crippen LogP contribution < -0.4 is 10.6 Å². The van der Waals surface area contributed by atoms with Crippen molar-refractivity contribution in [3.05, 3.63) is 48.0 Å². The molecule has 0 unspecified atom stereocenters. The van der Waals surface area contributed by atoms with Crippen molar-refractivity contribution in [2.24, 2.45) is 4.99 Å². The molecule has 1 heterocycles. The summed E-state index contributed by atoms with van der Waals surface area (Å²) in [7, 11) is 0. The van der Waals surface area contributed by atoms with E-state index in [9.17, 15) is 0 Å². The zero-order valence-corrected chi connectivity index (χ0v) is 14.2. The molecule has 0 atom stereocenters. The summed E-state index contributed by atoms with van der Waals surface area (Å²) in [6.45, 7) is 8.55. The molecule has 0 bridgehead atoms. The number of nitrogens with one attached hydrogen (secondary N) is 2. The second kappa shape index (κ2) is 8.92. The third-order valence-electron chi connectivity index (χ3n) is 3.35. The molecule has 0 aliphatic heterocycles. The lowest BCUT2D eigenvalue weighted by Gasteiger charge is -2.15. The molecule has 6 heteroatoms. The molecule has 2 N–H and O–H groups in total. The third-order valence-corrected chi connectivity index (χ3v) is 3.35. The summed E-state index contributed by atoms with van der Waals surface area (Å²) in [6, 6.07) is 10.6. The fourth-order valence-corrected chi connectivity index (χ4v) is 2.21. The molecule has 6 nitrogen and oxygen atoms in total. The molecule has 2 aromatic rings. The molecule has 0 radical (unpaired) electrons. The summed E-state index contributed by atoms with van der Waals surface area (Å²) in [6.07, 6.45) is 2.66. The first-order valence-corrected chi connectivity index (χ1v) is 8.14. The molecule has 0 fully saturated rings. The lowest BCUT2D eigenvalue weighted by molar-refractivity contribution is 0.622. The van der Waals surface area contributed by atoms with Crippen LogP contribution in [0.5, 0.6) is 0 Å². The van der Waals surface area contributed by atoms with Gasteiger partial charge in [-0.25, -0.2) is 4.99 Å². The first kappa shape index (κ1) is 17.0. The van der Waals surface area contributed by atoms with E-state index in [2.05, 4.69) is 63.3 Å². The van der Waals surface area contributed by atoms with Gasteiger partial charge in [-0.1, -0.05) is 37.3 Å². The maximum absolute atomic E-state index is 4.65. The van der Waals surface area contributed by atoms with Crippen molar-refractivity contribution in [2.75, 3.05) is 6.54 Å². The highest BCUT2D eigenvalue weighted by Crippen LogP contribution is 2.00. The number of aryl methyl sites for hydroxylation is 1. The first-order chi connectivity index (χ1) is 11.2. The van der Waals surface area contributed by atoms with E-state index in [1.807, 2.05) is 18.2 Å². The van der Waals surface area contributed by atoms with Gasteiger partial charge in [0.2, 0.25) is 0 Å². The monoisotopic (exact) mass is 314 g/mol. The number of rotatable bonds is 7. The number of guanidine groups is 1. The SMILES string of the molecule is CCc1nncn1CCNC(=NCc1ccccc1)NC(C)C. The normalized spacial score (nSPS) is 11.7. The third kappa shape index (κ3) is 5.73. The molecular weight excluding hydrogens is 288 g/mol. The second-order valence-electron chi connectivity index (χ2n) is 5.67. The van der Waals surface area contributed by atoms with Crippen LogP contribution in [0.1, 0.15) is 32.2 Å². The van der Waals surface area contributed by atoms with E-state index in [0.717, 1.165) is 31.3 Å². The van der Waals surface area contributed by atoms with Gasteiger partial charge in [0.25, 0.3) is 0 Å². The highest BCUT2D eigenvalue weighted by molar-refractivity contribution is 5.80. The topological polar surface area (TPSA) is 67.1 Å². The Balaban J connectivity index is 1.90. The van der Waals surface area contributed by atoms with E-state index in [1.54, 1.807) is 6.33 Å². The summed E-state index contributed by atoms with van der Waals surface area (Å²) < 4.78 is 2.07. The first-order valence-electron chi connectivity index (χ1n) is 8.14. The van der Waals surface area contributed by atoms with Crippen LogP contribution in [-0.4, -0.2) is 33.3 Å². The van der Waals surface area contributed by atoms with Gasteiger partial charge in [-0.15, -0.1) is 10.2 Å². The Morgan fingerprint density at radius 3 is 2.74 bits per heavy atom. The number of hydrogen-bond acceptors (Lipinski definition) is 3. The number of hydrogen-bond donors (Lipinski definition) is 2. The molecule has 0 aliphatic rings. The van der Waals surface area contributed by atoms with Crippen molar-refractivity contribution in [3.8, 4) is 0 Å². The van der Waals surface area contributed by atoms with Gasteiger partial charge in [0.05, 0.1) is 6.54 Å². The van der Waals surface area contributed by atoms with Crippen molar-refractivity contribution >= 4 is 5.96 Å².